The van der Waals surface area contributed by atoms with E-state index in [9.17, 15) is 8.78 Å². The van der Waals surface area contributed by atoms with Crippen LogP contribution >= 0.6 is 0 Å². The number of rotatable bonds is 4. The van der Waals surface area contributed by atoms with Crippen LogP contribution in [0.15, 0.2) is 24.3 Å². The van der Waals surface area contributed by atoms with Crippen LogP contribution in [0.25, 0.3) is 0 Å². The van der Waals surface area contributed by atoms with Gasteiger partial charge in [-0.1, -0.05) is 12.1 Å². The molecule has 0 aromatic heterocycles. The Morgan fingerprint density at radius 1 is 1.31 bits per heavy atom. The molecule has 1 aromatic rings. The summed E-state index contributed by atoms with van der Waals surface area (Å²) in [5, 5.41) is 0. The fourth-order valence-electron chi connectivity index (χ4n) is 1.23. The van der Waals surface area contributed by atoms with Crippen LogP contribution in [0.3, 0.4) is 0 Å². The van der Waals surface area contributed by atoms with Gasteiger partial charge < -0.3 is 10.5 Å². The number of hydrogen-bond acceptors (Lipinski definition) is 2. The summed E-state index contributed by atoms with van der Waals surface area (Å²) in [6, 6.07) is 6.08. The van der Waals surface area contributed by atoms with E-state index in [4.69, 9.17) is 5.73 Å². The third-order valence-electron chi connectivity index (χ3n) is 2.03. The second-order valence-corrected chi connectivity index (χ2v) is 3.18. The summed E-state index contributed by atoms with van der Waals surface area (Å²) in [6.07, 6.45) is 0.547. The van der Waals surface area contributed by atoms with Gasteiger partial charge in [0.25, 0.3) is 0 Å². The van der Waals surface area contributed by atoms with Gasteiger partial charge in [-0.3, -0.25) is 0 Å². The Balaban J connectivity index is 2.65. The molecule has 2 nitrogen and oxygen atoms in total. The molecule has 0 spiro atoms. The summed E-state index contributed by atoms with van der Waals surface area (Å²) < 4.78 is 28.0. The summed E-state index contributed by atoms with van der Waals surface area (Å²) in [6.45, 7) is -1.06. The molecule has 1 aromatic carbocycles. The van der Waals surface area contributed by atoms with Crippen LogP contribution in [-0.4, -0.2) is 6.61 Å². The first-order valence-electron chi connectivity index (χ1n) is 4.83. The molecule has 86 valence electrons. The maximum atomic E-state index is 11.9. The Morgan fingerprint density at radius 2 is 1.94 bits per heavy atom. The first-order valence-corrected chi connectivity index (χ1v) is 4.83. The predicted octanol–water partition coefficient (Wildman–Crippen LogP) is 2.70. The van der Waals surface area contributed by atoms with Crippen LogP contribution in [-0.2, 0) is 0 Å². The van der Waals surface area contributed by atoms with Gasteiger partial charge in [0.05, 0.1) is 0 Å². The largest absolute Gasteiger partial charge is 0.435 e. The first kappa shape index (κ1) is 12.5. The monoisotopic (exact) mass is 225 g/mol. The lowest BCUT2D eigenvalue weighted by Gasteiger charge is -2.09. The van der Waals surface area contributed by atoms with Gasteiger partial charge in [0.2, 0.25) is 0 Å². The van der Waals surface area contributed by atoms with Crippen LogP contribution < -0.4 is 10.5 Å². The van der Waals surface area contributed by atoms with Crippen molar-refractivity contribution in [2.45, 2.75) is 26.0 Å². The molecule has 0 radical (unpaired) electrons. The highest BCUT2D eigenvalue weighted by Gasteiger charge is 2.06. The number of alkyl halides is 2. The topological polar surface area (TPSA) is 35.2 Å². The second kappa shape index (κ2) is 6.09. The molecule has 16 heavy (non-hydrogen) atoms. The fraction of sp³-hybridized carbons (Fsp3) is 0.333. The predicted molar refractivity (Wildman–Crippen MR) is 58.1 cm³/mol. The Labute approximate surface area is 93.4 Å². The maximum Gasteiger partial charge on any atom is 0.387 e. The molecule has 0 aliphatic heterocycles. The summed E-state index contributed by atoms with van der Waals surface area (Å²) >= 11 is 0. The average Bonchev–Trinajstić information content (AvgIpc) is 2.26. The van der Waals surface area contributed by atoms with E-state index in [0.29, 0.717) is 6.42 Å². The quantitative estimate of drug-likeness (QED) is 0.799. The lowest BCUT2D eigenvalue weighted by Crippen LogP contribution is -2.09. The van der Waals surface area contributed by atoms with Crippen molar-refractivity contribution in [2.24, 2.45) is 5.73 Å². The molecule has 4 heteroatoms. The van der Waals surface area contributed by atoms with Crippen molar-refractivity contribution >= 4 is 0 Å². The van der Waals surface area contributed by atoms with E-state index < -0.39 is 6.61 Å². The third-order valence-corrected chi connectivity index (χ3v) is 2.03. The van der Waals surface area contributed by atoms with Crippen molar-refractivity contribution in [1.82, 2.24) is 0 Å². The van der Waals surface area contributed by atoms with Crippen molar-refractivity contribution in [1.29, 1.82) is 0 Å². The number of hydrogen-bond donors (Lipinski definition) is 1. The highest BCUT2D eigenvalue weighted by atomic mass is 19.3. The van der Waals surface area contributed by atoms with Crippen LogP contribution in [0.2, 0.25) is 0 Å². The molecule has 0 bridgehead atoms. The molecule has 0 aliphatic carbocycles. The van der Waals surface area contributed by atoms with Gasteiger partial charge in [-0.05, 0) is 24.6 Å². The molecular weight excluding hydrogens is 212 g/mol. The molecule has 0 heterocycles. The fourth-order valence-corrected chi connectivity index (χ4v) is 1.23. The van der Waals surface area contributed by atoms with E-state index in [2.05, 4.69) is 16.6 Å². The van der Waals surface area contributed by atoms with Gasteiger partial charge in [-0.25, -0.2) is 0 Å². The third kappa shape index (κ3) is 3.87. The van der Waals surface area contributed by atoms with Crippen LogP contribution in [0, 0.1) is 11.8 Å². The molecule has 0 amide bonds. The number of nitrogens with two attached hydrogens (primary N) is 1. The average molecular weight is 225 g/mol. The standard InChI is InChI=1S/C12H13F2NO/c1-2-3-4-11(15)9-5-7-10(8-6-9)16-12(13)14/h5-8,11-12H,4,15H2,1H3. The SMILES string of the molecule is CC#CCC(N)c1ccc(OC(F)F)cc1. The van der Waals surface area contributed by atoms with Crippen LogP contribution in [0.4, 0.5) is 8.78 Å². The van der Waals surface area contributed by atoms with Crippen molar-refractivity contribution in [3.8, 4) is 17.6 Å². The zero-order valence-electron chi connectivity index (χ0n) is 8.91. The Morgan fingerprint density at radius 3 is 2.44 bits per heavy atom. The Hall–Kier alpha value is -1.60. The normalized spacial score (nSPS) is 11.8. The molecule has 1 unspecified atom stereocenters. The van der Waals surface area contributed by atoms with E-state index in [0.717, 1.165) is 5.56 Å². The zero-order valence-corrected chi connectivity index (χ0v) is 8.91. The minimum absolute atomic E-state index is 0.132. The van der Waals surface area contributed by atoms with E-state index in [1.54, 1.807) is 19.1 Å². The number of ether oxygens (including phenoxy) is 1. The molecule has 2 N–H and O–H groups in total. The van der Waals surface area contributed by atoms with Gasteiger partial charge in [0.1, 0.15) is 5.75 Å². The second-order valence-electron chi connectivity index (χ2n) is 3.18. The molecule has 1 rings (SSSR count). The van der Waals surface area contributed by atoms with E-state index >= 15 is 0 Å². The Kier molecular flexibility index (Phi) is 4.74. The number of benzene rings is 1. The minimum atomic E-state index is -2.80. The van der Waals surface area contributed by atoms with E-state index in [-0.39, 0.29) is 11.8 Å². The van der Waals surface area contributed by atoms with Crippen molar-refractivity contribution in [3.63, 3.8) is 0 Å². The molecule has 0 fully saturated rings. The van der Waals surface area contributed by atoms with Crippen molar-refractivity contribution < 1.29 is 13.5 Å². The summed E-state index contributed by atoms with van der Waals surface area (Å²) in [4.78, 5) is 0. The summed E-state index contributed by atoms with van der Waals surface area (Å²) in [7, 11) is 0. The molecular formula is C12H13F2NO. The highest BCUT2D eigenvalue weighted by molar-refractivity contribution is 5.29. The van der Waals surface area contributed by atoms with Crippen LogP contribution in [0.1, 0.15) is 24.9 Å². The number of halogens is 2. The van der Waals surface area contributed by atoms with Gasteiger partial charge in [-0.2, -0.15) is 8.78 Å². The first-order chi connectivity index (χ1) is 7.63. The summed E-state index contributed by atoms with van der Waals surface area (Å²) in [5.74, 6) is 5.75. The zero-order chi connectivity index (χ0) is 12.0. The van der Waals surface area contributed by atoms with Crippen molar-refractivity contribution in [2.75, 3.05) is 0 Å². The van der Waals surface area contributed by atoms with E-state index in [1.807, 2.05) is 0 Å². The molecule has 0 aliphatic rings. The summed E-state index contributed by atoms with van der Waals surface area (Å²) in [5.41, 5.74) is 6.69. The minimum Gasteiger partial charge on any atom is -0.435 e. The molecule has 0 saturated carbocycles. The lowest BCUT2D eigenvalue weighted by molar-refractivity contribution is -0.0498. The highest BCUT2D eigenvalue weighted by Crippen LogP contribution is 2.19. The van der Waals surface area contributed by atoms with Gasteiger partial charge in [-0.15, -0.1) is 11.8 Å². The maximum absolute atomic E-state index is 11.9. The van der Waals surface area contributed by atoms with Crippen molar-refractivity contribution in [3.05, 3.63) is 29.8 Å². The smallest absolute Gasteiger partial charge is 0.387 e. The van der Waals surface area contributed by atoms with Gasteiger partial charge in [0.15, 0.2) is 0 Å². The molecule has 1 atom stereocenters. The van der Waals surface area contributed by atoms with Gasteiger partial charge >= 0.3 is 6.61 Å². The molecule has 0 saturated heterocycles. The van der Waals surface area contributed by atoms with Gasteiger partial charge in [0, 0.05) is 12.5 Å². The van der Waals surface area contributed by atoms with E-state index in [1.165, 1.54) is 12.1 Å². The van der Waals surface area contributed by atoms with Crippen LogP contribution in [0.5, 0.6) is 5.75 Å². The lowest BCUT2D eigenvalue weighted by atomic mass is 10.1. The Bertz CT molecular complexity index is 378.